The van der Waals surface area contributed by atoms with E-state index in [9.17, 15) is 9.90 Å². The van der Waals surface area contributed by atoms with Crippen molar-refractivity contribution < 1.29 is 9.90 Å². The van der Waals surface area contributed by atoms with Gasteiger partial charge in [0.1, 0.15) is 6.04 Å². The summed E-state index contributed by atoms with van der Waals surface area (Å²) in [5, 5.41) is 12.1. The minimum Gasteiger partial charge on any atom is -0.391 e. The van der Waals surface area contributed by atoms with Gasteiger partial charge < -0.3 is 10.8 Å². The predicted molar refractivity (Wildman–Crippen MR) is 47.6 cm³/mol. The van der Waals surface area contributed by atoms with Crippen LogP contribution in [0.15, 0.2) is 0 Å². The molecular formula is C8H18N2O2. The molecule has 0 aromatic heterocycles. The number of hydrogen-bond donors (Lipinski definition) is 3. The van der Waals surface area contributed by atoms with Gasteiger partial charge in [0.25, 0.3) is 0 Å². The van der Waals surface area contributed by atoms with E-state index < -0.39 is 18.1 Å². The molecule has 4 heteroatoms. The van der Waals surface area contributed by atoms with Crippen molar-refractivity contribution in [3.05, 3.63) is 0 Å². The first kappa shape index (κ1) is 11.4. The first-order chi connectivity index (χ1) is 5.24. The third-order valence-corrected chi connectivity index (χ3v) is 1.38. The number of rotatable bonds is 3. The number of nitrogens with two attached hydrogens (primary N) is 1. The van der Waals surface area contributed by atoms with Gasteiger partial charge in [0.15, 0.2) is 0 Å². The third kappa shape index (κ3) is 4.31. The lowest BCUT2D eigenvalue weighted by Crippen LogP contribution is -2.55. The highest BCUT2D eigenvalue weighted by molar-refractivity contribution is 5.80. The molecule has 0 aromatic rings. The fourth-order valence-corrected chi connectivity index (χ4v) is 0.896. The zero-order chi connectivity index (χ0) is 9.94. The molecular weight excluding hydrogens is 156 g/mol. The molecule has 4 nitrogen and oxygen atoms in total. The number of primary amides is 1. The summed E-state index contributed by atoms with van der Waals surface area (Å²) in [5.74, 6) is -0.528. The van der Waals surface area contributed by atoms with Crippen molar-refractivity contribution >= 4 is 5.91 Å². The molecule has 0 heterocycles. The summed E-state index contributed by atoms with van der Waals surface area (Å²) in [6.45, 7) is 7.26. The Morgan fingerprint density at radius 3 is 2.00 bits per heavy atom. The molecule has 72 valence electrons. The van der Waals surface area contributed by atoms with Gasteiger partial charge in [-0.25, -0.2) is 0 Å². The fourth-order valence-electron chi connectivity index (χ4n) is 0.896. The van der Waals surface area contributed by atoms with Crippen LogP contribution in [0.2, 0.25) is 0 Å². The van der Waals surface area contributed by atoms with E-state index in [-0.39, 0.29) is 5.54 Å². The summed E-state index contributed by atoms with van der Waals surface area (Å²) in [6.07, 6.45) is -0.762. The van der Waals surface area contributed by atoms with Gasteiger partial charge in [0.05, 0.1) is 6.10 Å². The number of carbonyl (C=O) groups excluding carboxylic acids is 1. The predicted octanol–water partition coefficient (Wildman–Crippen LogP) is -0.391. The van der Waals surface area contributed by atoms with Crippen molar-refractivity contribution in [2.45, 2.75) is 45.4 Å². The number of carbonyl (C=O) groups is 1. The Morgan fingerprint density at radius 1 is 1.50 bits per heavy atom. The molecule has 0 aliphatic rings. The summed E-state index contributed by atoms with van der Waals surface area (Å²) < 4.78 is 0. The lowest BCUT2D eigenvalue weighted by Gasteiger charge is -2.28. The smallest absolute Gasteiger partial charge is 0.237 e. The molecule has 0 unspecified atom stereocenters. The van der Waals surface area contributed by atoms with Crippen LogP contribution in [0.1, 0.15) is 27.7 Å². The molecule has 0 aliphatic heterocycles. The molecule has 0 saturated carbocycles. The fraction of sp³-hybridized carbons (Fsp3) is 0.875. The van der Waals surface area contributed by atoms with Crippen molar-refractivity contribution in [3.8, 4) is 0 Å². The van der Waals surface area contributed by atoms with Crippen molar-refractivity contribution in [3.63, 3.8) is 0 Å². The Balaban J connectivity index is 4.25. The maximum absolute atomic E-state index is 10.8. The average molecular weight is 174 g/mol. The molecule has 0 spiro atoms. The molecule has 0 saturated heterocycles. The molecule has 1 amide bonds. The lowest BCUT2D eigenvalue weighted by molar-refractivity contribution is -0.122. The van der Waals surface area contributed by atoms with E-state index in [4.69, 9.17) is 5.73 Å². The molecule has 4 N–H and O–H groups in total. The SMILES string of the molecule is C[C@@H](O)[C@H](NC(C)(C)C)C(N)=O. The topological polar surface area (TPSA) is 75.3 Å². The van der Waals surface area contributed by atoms with Crippen LogP contribution < -0.4 is 11.1 Å². The van der Waals surface area contributed by atoms with Crippen molar-refractivity contribution in [2.24, 2.45) is 5.73 Å². The maximum atomic E-state index is 10.8. The van der Waals surface area contributed by atoms with E-state index in [0.717, 1.165) is 0 Å². The Morgan fingerprint density at radius 2 is 1.92 bits per heavy atom. The Hall–Kier alpha value is -0.610. The zero-order valence-corrected chi connectivity index (χ0v) is 8.09. The number of aliphatic hydroxyl groups is 1. The van der Waals surface area contributed by atoms with Crippen LogP contribution in [0.3, 0.4) is 0 Å². The molecule has 12 heavy (non-hydrogen) atoms. The van der Waals surface area contributed by atoms with E-state index in [1.807, 2.05) is 20.8 Å². The molecule has 0 rings (SSSR count). The normalized spacial score (nSPS) is 17.1. The van der Waals surface area contributed by atoms with Gasteiger partial charge in [-0.2, -0.15) is 0 Å². The molecule has 0 fully saturated rings. The maximum Gasteiger partial charge on any atom is 0.237 e. The van der Waals surface area contributed by atoms with Crippen LogP contribution in [0, 0.1) is 0 Å². The summed E-state index contributed by atoms with van der Waals surface area (Å²) in [6, 6.07) is -0.676. The average Bonchev–Trinajstić information content (AvgIpc) is 1.79. The molecule has 0 aromatic carbocycles. The van der Waals surface area contributed by atoms with Crippen LogP contribution in [0.25, 0.3) is 0 Å². The Kier molecular flexibility index (Phi) is 3.67. The highest BCUT2D eigenvalue weighted by Crippen LogP contribution is 2.03. The van der Waals surface area contributed by atoms with E-state index >= 15 is 0 Å². The summed E-state index contributed by atoms with van der Waals surface area (Å²) >= 11 is 0. The number of aliphatic hydroxyl groups excluding tert-OH is 1. The number of hydrogen-bond acceptors (Lipinski definition) is 3. The van der Waals surface area contributed by atoms with Gasteiger partial charge in [-0.15, -0.1) is 0 Å². The van der Waals surface area contributed by atoms with E-state index in [1.165, 1.54) is 6.92 Å². The van der Waals surface area contributed by atoms with Gasteiger partial charge in [-0.05, 0) is 27.7 Å². The largest absolute Gasteiger partial charge is 0.391 e. The van der Waals surface area contributed by atoms with Crippen LogP contribution >= 0.6 is 0 Å². The van der Waals surface area contributed by atoms with Crippen LogP contribution in [0.5, 0.6) is 0 Å². The molecule has 0 aliphatic carbocycles. The van der Waals surface area contributed by atoms with Gasteiger partial charge in [0.2, 0.25) is 5.91 Å². The van der Waals surface area contributed by atoms with Crippen LogP contribution in [-0.2, 0) is 4.79 Å². The third-order valence-electron chi connectivity index (χ3n) is 1.38. The quantitative estimate of drug-likeness (QED) is 0.545. The molecule has 0 radical (unpaired) electrons. The zero-order valence-electron chi connectivity index (χ0n) is 8.09. The van der Waals surface area contributed by atoms with Crippen LogP contribution in [0.4, 0.5) is 0 Å². The minimum absolute atomic E-state index is 0.226. The van der Waals surface area contributed by atoms with Gasteiger partial charge >= 0.3 is 0 Å². The highest BCUT2D eigenvalue weighted by Gasteiger charge is 2.25. The summed E-state index contributed by atoms with van der Waals surface area (Å²) in [5.41, 5.74) is 4.86. The van der Waals surface area contributed by atoms with Crippen molar-refractivity contribution in [1.82, 2.24) is 5.32 Å². The minimum atomic E-state index is -0.762. The second-order valence-electron chi connectivity index (χ2n) is 4.01. The van der Waals surface area contributed by atoms with E-state index in [0.29, 0.717) is 0 Å². The van der Waals surface area contributed by atoms with Crippen LogP contribution in [-0.4, -0.2) is 28.7 Å². The van der Waals surface area contributed by atoms with Crippen molar-refractivity contribution in [1.29, 1.82) is 0 Å². The second-order valence-corrected chi connectivity index (χ2v) is 4.01. The van der Waals surface area contributed by atoms with Gasteiger partial charge in [0, 0.05) is 5.54 Å². The first-order valence-corrected chi connectivity index (χ1v) is 3.99. The summed E-state index contributed by atoms with van der Waals surface area (Å²) in [7, 11) is 0. The lowest BCUT2D eigenvalue weighted by atomic mass is 10.0. The Labute approximate surface area is 73.1 Å². The van der Waals surface area contributed by atoms with Gasteiger partial charge in [-0.3, -0.25) is 10.1 Å². The first-order valence-electron chi connectivity index (χ1n) is 3.99. The summed E-state index contributed by atoms with van der Waals surface area (Å²) in [4.78, 5) is 10.8. The van der Waals surface area contributed by atoms with E-state index in [2.05, 4.69) is 5.32 Å². The number of amides is 1. The molecule has 2 atom stereocenters. The van der Waals surface area contributed by atoms with Crippen molar-refractivity contribution in [2.75, 3.05) is 0 Å². The highest BCUT2D eigenvalue weighted by atomic mass is 16.3. The standard InChI is InChI=1S/C8H18N2O2/c1-5(11)6(7(9)12)10-8(2,3)4/h5-6,10-11H,1-4H3,(H2,9,12)/t5-,6+/m1/s1. The number of nitrogens with one attached hydrogen (secondary N) is 1. The van der Waals surface area contributed by atoms with Gasteiger partial charge in [-0.1, -0.05) is 0 Å². The molecule has 0 bridgehead atoms. The second kappa shape index (κ2) is 3.87. The monoisotopic (exact) mass is 174 g/mol. The Bertz CT molecular complexity index is 161. The van der Waals surface area contributed by atoms with E-state index in [1.54, 1.807) is 0 Å².